The molecule has 0 bridgehead atoms. The van der Waals surface area contributed by atoms with Crippen LogP contribution < -0.4 is 0 Å². The molecule has 0 amide bonds. The smallest absolute Gasteiger partial charge is 0.125 e. The zero-order valence-corrected chi connectivity index (χ0v) is 7.61. The van der Waals surface area contributed by atoms with Crippen LogP contribution in [0.2, 0.25) is 5.02 Å². The first-order chi connectivity index (χ1) is 6.22. The lowest BCUT2D eigenvalue weighted by Crippen LogP contribution is -1.80. The van der Waals surface area contributed by atoms with Crippen molar-refractivity contribution in [1.82, 2.24) is 0 Å². The van der Waals surface area contributed by atoms with Crippen LogP contribution in [-0.4, -0.2) is 11.7 Å². The Morgan fingerprint density at radius 3 is 2.77 bits per heavy atom. The SMILES string of the molecule is OCCC#Cc1cc(F)cc(Cl)c1. The number of aliphatic hydroxyl groups is 1. The van der Waals surface area contributed by atoms with Gasteiger partial charge >= 0.3 is 0 Å². The van der Waals surface area contributed by atoms with Gasteiger partial charge in [-0.2, -0.15) is 0 Å². The fourth-order valence-corrected chi connectivity index (χ4v) is 1.07. The molecular formula is C10H8ClFO. The average molecular weight is 199 g/mol. The number of rotatable bonds is 1. The molecule has 1 aromatic carbocycles. The molecule has 0 unspecified atom stereocenters. The van der Waals surface area contributed by atoms with Crippen LogP contribution in [0.1, 0.15) is 12.0 Å². The second-order valence-corrected chi connectivity index (χ2v) is 2.87. The Morgan fingerprint density at radius 1 is 1.38 bits per heavy atom. The molecule has 0 saturated heterocycles. The summed E-state index contributed by atoms with van der Waals surface area (Å²) in [6.45, 7) is 0.00997. The van der Waals surface area contributed by atoms with Gasteiger partial charge in [0.25, 0.3) is 0 Å². The van der Waals surface area contributed by atoms with Gasteiger partial charge in [0.05, 0.1) is 6.61 Å². The number of hydrogen-bond donors (Lipinski definition) is 1. The Labute approximate surface area is 81.2 Å². The fraction of sp³-hybridized carbons (Fsp3) is 0.200. The van der Waals surface area contributed by atoms with Crippen LogP contribution >= 0.6 is 11.6 Å². The third-order valence-corrected chi connectivity index (χ3v) is 1.55. The lowest BCUT2D eigenvalue weighted by molar-refractivity contribution is 0.305. The highest BCUT2D eigenvalue weighted by Gasteiger charge is 1.95. The van der Waals surface area contributed by atoms with Gasteiger partial charge in [0.1, 0.15) is 5.82 Å². The summed E-state index contributed by atoms with van der Waals surface area (Å²) >= 11 is 5.61. The van der Waals surface area contributed by atoms with E-state index < -0.39 is 5.82 Å². The summed E-state index contributed by atoms with van der Waals surface area (Å²) in [7, 11) is 0. The van der Waals surface area contributed by atoms with E-state index in [1.54, 1.807) is 6.07 Å². The van der Waals surface area contributed by atoms with E-state index in [0.717, 1.165) is 0 Å². The zero-order chi connectivity index (χ0) is 9.68. The minimum absolute atomic E-state index is 0.00997. The predicted octanol–water partition coefficient (Wildman–Crippen LogP) is 2.21. The van der Waals surface area contributed by atoms with E-state index in [4.69, 9.17) is 16.7 Å². The summed E-state index contributed by atoms with van der Waals surface area (Å²) in [5, 5.41) is 8.78. The predicted molar refractivity (Wildman–Crippen MR) is 50.0 cm³/mol. The lowest BCUT2D eigenvalue weighted by atomic mass is 10.2. The first-order valence-electron chi connectivity index (χ1n) is 3.78. The molecule has 1 rings (SSSR count). The van der Waals surface area contributed by atoms with E-state index in [-0.39, 0.29) is 6.61 Å². The van der Waals surface area contributed by atoms with E-state index >= 15 is 0 Å². The molecule has 0 aliphatic heterocycles. The largest absolute Gasteiger partial charge is 0.395 e. The van der Waals surface area contributed by atoms with Crippen molar-refractivity contribution in [2.45, 2.75) is 6.42 Å². The van der Waals surface area contributed by atoms with E-state index in [0.29, 0.717) is 17.0 Å². The Kier molecular flexibility index (Phi) is 3.75. The molecule has 0 radical (unpaired) electrons. The molecule has 0 fully saturated rings. The molecule has 68 valence electrons. The standard InChI is InChI=1S/C10H8ClFO/c11-9-5-8(3-1-2-4-13)6-10(12)7-9/h5-7,13H,2,4H2. The van der Waals surface area contributed by atoms with Crippen molar-refractivity contribution in [2.75, 3.05) is 6.61 Å². The van der Waals surface area contributed by atoms with Gasteiger partial charge in [-0.05, 0) is 18.2 Å². The molecule has 0 spiro atoms. The van der Waals surface area contributed by atoms with E-state index in [1.807, 2.05) is 0 Å². The van der Waals surface area contributed by atoms with Crippen LogP contribution in [0.25, 0.3) is 0 Å². The number of aliphatic hydroxyl groups excluding tert-OH is 1. The fourth-order valence-electron chi connectivity index (χ4n) is 0.846. The first kappa shape index (κ1) is 10.0. The Bertz CT molecular complexity index is 331. The molecule has 0 aromatic heterocycles. The molecule has 0 atom stereocenters. The Hall–Kier alpha value is -1.04. The molecule has 0 aliphatic rings. The molecule has 0 saturated carbocycles. The van der Waals surface area contributed by atoms with Crippen LogP contribution in [0.5, 0.6) is 0 Å². The maximum atomic E-state index is 12.7. The van der Waals surface area contributed by atoms with Crippen molar-refractivity contribution in [3.8, 4) is 11.8 Å². The van der Waals surface area contributed by atoms with Gasteiger partial charge in [0, 0.05) is 17.0 Å². The van der Waals surface area contributed by atoms with Crippen LogP contribution in [0.3, 0.4) is 0 Å². The van der Waals surface area contributed by atoms with Gasteiger partial charge in [0.15, 0.2) is 0 Å². The van der Waals surface area contributed by atoms with E-state index in [1.165, 1.54) is 12.1 Å². The van der Waals surface area contributed by atoms with Gasteiger partial charge in [-0.3, -0.25) is 0 Å². The van der Waals surface area contributed by atoms with Crippen molar-refractivity contribution in [2.24, 2.45) is 0 Å². The third kappa shape index (κ3) is 3.45. The second kappa shape index (κ2) is 4.86. The van der Waals surface area contributed by atoms with Crippen molar-refractivity contribution in [3.63, 3.8) is 0 Å². The zero-order valence-electron chi connectivity index (χ0n) is 6.85. The van der Waals surface area contributed by atoms with Crippen LogP contribution in [0, 0.1) is 17.7 Å². The molecule has 0 heterocycles. The normalized spacial score (nSPS) is 9.15. The summed E-state index contributed by atoms with van der Waals surface area (Å²) in [4.78, 5) is 0. The van der Waals surface area contributed by atoms with Crippen molar-refractivity contribution in [3.05, 3.63) is 34.6 Å². The molecule has 3 heteroatoms. The van der Waals surface area contributed by atoms with Crippen molar-refractivity contribution >= 4 is 11.6 Å². The van der Waals surface area contributed by atoms with Gasteiger partial charge in [-0.15, -0.1) is 0 Å². The average Bonchev–Trinajstić information content (AvgIpc) is 2.03. The second-order valence-electron chi connectivity index (χ2n) is 2.43. The van der Waals surface area contributed by atoms with Crippen LogP contribution in [0.4, 0.5) is 4.39 Å². The number of halogens is 2. The highest BCUT2D eigenvalue weighted by Crippen LogP contribution is 2.12. The number of hydrogen-bond acceptors (Lipinski definition) is 1. The summed E-state index contributed by atoms with van der Waals surface area (Å²) < 4.78 is 12.7. The molecule has 13 heavy (non-hydrogen) atoms. The summed E-state index contributed by atoms with van der Waals surface area (Å²) in [6, 6.07) is 4.10. The Balaban J connectivity index is 2.85. The molecular weight excluding hydrogens is 191 g/mol. The highest BCUT2D eigenvalue weighted by atomic mass is 35.5. The quantitative estimate of drug-likeness (QED) is 0.686. The molecule has 0 aliphatic carbocycles. The van der Waals surface area contributed by atoms with Crippen LogP contribution in [0.15, 0.2) is 18.2 Å². The van der Waals surface area contributed by atoms with Gasteiger partial charge < -0.3 is 5.11 Å². The third-order valence-electron chi connectivity index (χ3n) is 1.33. The molecule has 1 N–H and O–H groups in total. The first-order valence-corrected chi connectivity index (χ1v) is 4.16. The van der Waals surface area contributed by atoms with Gasteiger partial charge in [0.2, 0.25) is 0 Å². The van der Waals surface area contributed by atoms with E-state index in [9.17, 15) is 4.39 Å². The minimum Gasteiger partial charge on any atom is -0.395 e. The topological polar surface area (TPSA) is 20.2 Å². The monoisotopic (exact) mass is 198 g/mol. The molecule has 1 nitrogen and oxygen atoms in total. The maximum Gasteiger partial charge on any atom is 0.125 e. The molecule has 1 aromatic rings. The minimum atomic E-state index is -0.402. The maximum absolute atomic E-state index is 12.7. The number of benzene rings is 1. The lowest BCUT2D eigenvalue weighted by Gasteiger charge is -1.93. The Morgan fingerprint density at radius 2 is 2.15 bits per heavy atom. The van der Waals surface area contributed by atoms with Crippen LogP contribution in [-0.2, 0) is 0 Å². The van der Waals surface area contributed by atoms with E-state index in [2.05, 4.69) is 11.8 Å². The summed E-state index contributed by atoms with van der Waals surface area (Å²) in [5.74, 6) is 4.97. The van der Waals surface area contributed by atoms with Crippen molar-refractivity contribution in [1.29, 1.82) is 0 Å². The summed E-state index contributed by atoms with van der Waals surface area (Å²) in [6.07, 6.45) is 0.383. The van der Waals surface area contributed by atoms with Gasteiger partial charge in [-0.25, -0.2) is 4.39 Å². The van der Waals surface area contributed by atoms with Crippen molar-refractivity contribution < 1.29 is 9.50 Å². The highest BCUT2D eigenvalue weighted by molar-refractivity contribution is 6.30. The summed E-state index contributed by atoms with van der Waals surface area (Å²) in [5.41, 5.74) is 0.526. The van der Waals surface area contributed by atoms with Gasteiger partial charge in [-0.1, -0.05) is 23.4 Å².